The maximum atomic E-state index is 12.3. The van der Waals surface area contributed by atoms with Crippen LogP contribution in [0.5, 0.6) is 17.2 Å². The number of carbonyl (C=O) groups excluding carboxylic acids is 1. The molecule has 2 N–H and O–H groups in total. The van der Waals surface area contributed by atoms with Crippen LogP contribution in [0.4, 0.5) is 11.4 Å². The van der Waals surface area contributed by atoms with Crippen LogP contribution >= 0.6 is 11.6 Å². The van der Waals surface area contributed by atoms with Crippen LogP contribution in [0.2, 0.25) is 5.02 Å². The minimum absolute atomic E-state index is 0.134. The van der Waals surface area contributed by atoms with Gasteiger partial charge in [-0.25, -0.2) is 0 Å². The first-order chi connectivity index (χ1) is 15.5. The van der Waals surface area contributed by atoms with E-state index in [4.69, 9.17) is 25.8 Å². The zero-order chi connectivity index (χ0) is 22.9. The van der Waals surface area contributed by atoms with Crippen molar-refractivity contribution >= 4 is 28.9 Å². The van der Waals surface area contributed by atoms with E-state index in [1.54, 1.807) is 31.4 Å². The third-order valence-electron chi connectivity index (χ3n) is 4.79. The summed E-state index contributed by atoms with van der Waals surface area (Å²) in [4.78, 5) is 12.3. The number of ether oxygens (including phenoxy) is 3. The predicted molar refractivity (Wildman–Crippen MR) is 128 cm³/mol. The van der Waals surface area contributed by atoms with Gasteiger partial charge in [-0.2, -0.15) is 0 Å². The van der Waals surface area contributed by atoms with Gasteiger partial charge in [0.05, 0.1) is 13.7 Å². The molecular formula is C25H27ClN2O4. The molecular weight excluding hydrogens is 428 g/mol. The number of nitrogens with one attached hydrogen (secondary N) is 2. The highest BCUT2D eigenvalue weighted by Crippen LogP contribution is 2.30. The summed E-state index contributed by atoms with van der Waals surface area (Å²) < 4.78 is 16.6. The molecule has 168 valence electrons. The Labute approximate surface area is 193 Å². The van der Waals surface area contributed by atoms with E-state index in [0.717, 1.165) is 27.6 Å². The predicted octanol–water partition coefficient (Wildman–Crippen LogP) is 5.69. The van der Waals surface area contributed by atoms with E-state index in [2.05, 4.69) is 10.6 Å². The topological polar surface area (TPSA) is 68.8 Å². The Bertz CT molecular complexity index is 1050. The first kappa shape index (κ1) is 23.3. The first-order valence-corrected chi connectivity index (χ1v) is 10.7. The lowest BCUT2D eigenvalue weighted by molar-refractivity contribution is -0.118. The average molecular weight is 455 g/mol. The summed E-state index contributed by atoms with van der Waals surface area (Å²) in [5.41, 5.74) is 3.66. The minimum atomic E-state index is -0.264. The number of rotatable bonds is 10. The van der Waals surface area contributed by atoms with Gasteiger partial charge in [0.15, 0.2) is 18.1 Å². The summed E-state index contributed by atoms with van der Waals surface area (Å²) in [6, 6.07) is 18.5. The van der Waals surface area contributed by atoms with Crippen LogP contribution in [0, 0.1) is 6.92 Å². The van der Waals surface area contributed by atoms with Gasteiger partial charge in [0.2, 0.25) is 0 Å². The second-order valence-corrected chi connectivity index (χ2v) is 7.45. The van der Waals surface area contributed by atoms with E-state index >= 15 is 0 Å². The van der Waals surface area contributed by atoms with Gasteiger partial charge >= 0.3 is 0 Å². The highest BCUT2D eigenvalue weighted by atomic mass is 35.5. The molecule has 0 bridgehead atoms. The van der Waals surface area contributed by atoms with Crippen molar-refractivity contribution in [3.63, 3.8) is 0 Å². The Hall–Kier alpha value is -3.38. The Morgan fingerprint density at radius 2 is 1.78 bits per heavy atom. The van der Waals surface area contributed by atoms with Crippen LogP contribution in [0.15, 0.2) is 60.7 Å². The first-order valence-electron chi connectivity index (χ1n) is 10.3. The number of methoxy groups -OCH3 is 1. The summed E-state index contributed by atoms with van der Waals surface area (Å²) >= 11 is 6.19. The number of hydrogen-bond donors (Lipinski definition) is 2. The van der Waals surface area contributed by atoms with Gasteiger partial charge in [-0.3, -0.25) is 4.79 Å². The highest BCUT2D eigenvalue weighted by Gasteiger charge is 2.10. The van der Waals surface area contributed by atoms with Crippen molar-refractivity contribution in [3.05, 3.63) is 76.8 Å². The monoisotopic (exact) mass is 454 g/mol. The second-order valence-electron chi connectivity index (χ2n) is 7.05. The molecule has 0 aliphatic carbocycles. The van der Waals surface area contributed by atoms with Crippen molar-refractivity contribution in [2.45, 2.75) is 20.4 Å². The summed E-state index contributed by atoms with van der Waals surface area (Å²) in [5.74, 6) is 1.56. The Morgan fingerprint density at radius 3 is 2.50 bits per heavy atom. The Kier molecular flexibility index (Phi) is 8.22. The van der Waals surface area contributed by atoms with Crippen molar-refractivity contribution in [3.8, 4) is 17.2 Å². The normalized spacial score (nSPS) is 10.4. The summed E-state index contributed by atoms with van der Waals surface area (Å²) in [6.45, 7) is 4.83. The van der Waals surface area contributed by atoms with Crippen LogP contribution in [-0.2, 0) is 11.3 Å². The van der Waals surface area contributed by atoms with E-state index in [0.29, 0.717) is 30.3 Å². The highest BCUT2D eigenvalue weighted by molar-refractivity contribution is 6.31. The summed E-state index contributed by atoms with van der Waals surface area (Å²) in [7, 11) is 1.59. The van der Waals surface area contributed by atoms with Gasteiger partial charge in [0, 0.05) is 22.9 Å². The van der Waals surface area contributed by atoms with Crippen LogP contribution in [0.3, 0.4) is 0 Å². The van der Waals surface area contributed by atoms with Crippen molar-refractivity contribution < 1.29 is 19.0 Å². The zero-order valence-corrected chi connectivity index (χ0v) is 19.2. The van der Waals surface area contributed by atoms with E-state index < -0.39 is 0 Å². The number of amides is 1. The lowest BCUT2D eigenvalue weighted by Gasteiger charge is -2.15. The number of carbonyl (C=O) groups is 1. The molecule has 1 amide bonds. The quantitative estimate of drug-likeness (QED) is 0.412. The number of benzene rings is 3. The zero-order valence-electron chi connectivity index (χ0n) is 18.4. The van der Waals surface area contributed by atoms with Gasteiger partial charge in [-0.15, -0.1) is 0 Å². The van der Waals surface area contributed by atoms with Gasteiger partial charge in [-0.1, -0.05) is 23.7 Å². The Balaban J connectivity index is 1.60. The van der Waals surface area contributed by atoms with Crippen molar-refractivity contribution in [2.24, 2.45) is 0 Å². The summed E-state index contributed by atoms with van der Waals surface area (Å²) in [5, 5.41) is 6.91. The molecule has 0 spiro atoms. The number of halogens is 1. The van der Waals surface area contributed by atoms with Gasteiger partial charge in [0.1, 0.15) is 5.75 Å². The maximum Gasteiger partial charge on any atom is 0.262 e. The Morgan fingerprint density at radius 1 is 1.00 bits per heavy atom. The molecule has 0 aromatic heterocycles. The molecule has 0 heterocycles. The molecule has 0 aliphatic rings. The summed E-state index contributed by atoms with van der Waals surface area (Å²) in [6.07, 6.45) is 0. The van der Waals surface area contributed by atoms with Crippen molar-refractivity contribution in [1.29, 1.82) is 0 Å². The van der Waals surface area contributed by atoms with Gasteiger partial charge < -0.3 is 24.8 Å². The average Bonchev–Trinajstić information content (AvgIpc) is 2.80. The second kappa shape index (κ2) is 11.3. The standard InChI is InChI=1S/C25H27ClN2O4/c1-4-31-24-14-18(15-27-22-7-5-6-21(26)17(22)2)8-13-23(24)32-16-25(29)28-19-9-11-20(30-3)12-10-19/h5-14,27H,4,15-16H2,1-3H3,(H,28,29). The molecule has 32 heavy (non-hydrogen) atoms. The molecule has 0 saturated heterocycles. The van der Waals surface area contributed by atoms with Crippen LogP contribution in [-0.4, -0.2) is 26.2 Å². The fourth-order valence-electron chi connectivity index (χ4n) is 3.06. The van der Waals surface area contributed by atoms with Gasteiger partial charge in [-0.05, 0) is 73.5 Å². The van der Waals surface area contributed by atoms with Crippen LogP contribution in [0.1, 0.15) is 18.1 Å². The molecule has 0 atom stereocenters. The molecule has 0 unspecified atom stereocenters. The minimum Gasteiger partial charge on any atom is -0.497 e. The fourth-order valence-corrected chi connectivity index (χ4v) is 3.24. The SMILES string of the molecule is CCOc1cc(CNc2cccc(Cl)c2C)ccc1OCC(=O)Nc1ccc(OC)cc1. The maximum absolute atomic E-state index is 12.3. The smallest absolute Gasteiger partial charge is 0.262 e. The molecule has 3 aromatic carbocycles. The van der Waals surface area contributed by atoms with Crippen molar-refractivity contribution in [2.75, 3.05) is 31.0 Å². The van der Waals surface area contributed by atoms with Crippen LogP contribution in [0.25, 0.3) is 0 Å². The molecule has 3 rings (SSSR count). The lowest BCUT2D eigenvalue weighted by atomic mass is 10.1. The number of anilines is 2. The fraction of sp³-hybridized carbons (Fsp3) is 0.240. The molecule has 6 nitrogen and oxygen atoms in total. The largest absolute Gasteiger partial charge is 0.497 e. The van der Waals surface area contributed by atoms with E-state index in [1.165, 1.54) is 0 Å². The van der Waals surface area contributed by atoms with E-state index in [-0.39, 0.29) is 12.5 Å². The van der Waals surface area contributed by atoms with Crippen LogP contribution < -0.4 is 24.8 Å². The third-order valence-corrected chi connectivity index (χ3v) is 5.20. The molecule has 0 saturated carbocycles. The molecule has 3 aromatic rings. The lowest BCUT2D eigenvalue weighted by Crippen LogP contribution is -2.20. The van der Waals surface area contributed by atoms with Crippen molar-refractivity contribution in [1.82, 2.24) is 0 Å². The molecule has 7 heteroatoms. The number of hydrogen-bond acceptors (Lipinski definition) is 5. The third kappa shape index (κ3) is 6.31. The van der Waals surface area contributed by atoms with E-state index in [1.807, 2.05) is 50.2 Å². The molecule has 0 radical (unpaired) electrons. The van der Waals surface area contributed by atoms with Gasteiger partial charge in [0.25, 0.3) is 5.91 Å². The molecule has 0 aliphatic heterocycles. The van der Waals surface area contributed by atoms with E-state index in [9.17, 15) is 4.79 Å². The molecule has 0 fully saturated rings.